The van der Waals surface area contributed by atoms with E-state index in [-0.39, 0.29) is 16.7 Å². The lowest BCUT2D eigenvalue weighted by atomic mass is 9.82. The monoisotopic (exact) mass is 274 g/mol. The minimum absolute atomic E-state index is 0.0250. The Kier molecular flexibility index (Phi) is 4.19. The zero-order valence-corrected chi connectivity index (χ0v) is 13.0. The van der Waals surface area contributed by atoms with Gasteiger partial charge >= 0.3 is 0 Å². The van der Waals surface area contributed by atoms with Crippen LogP contribution >= 0.6 is 0 Å². The number of hydrogen-bond acceptors (Lipinski definition) is 2. The van der Waals surface area contributed by atoms with Crippen molar-refractivity contribution in [2.75, 3.05) is 18.4 Å². The van der Waals surface area contributed by atoms with Crippen LogP contribution in [0.15, 0.2) is 24.3 Å². The first kappa shape index (κ1) is 15.0. The average Bonchev–Trinajstić information content (AvgIpc) is 2.88. The summed E-state index contributed by atoms with van der Waals surface area (Å²) < 4.78 is 0. The molecule has 1 saturated heterocycles. The van der Waals surface area contributed by atoms with E-state index < -0.39 is 0 Å². The molecule has 1 atom stereocenters. The minimum Gasteiger partial charge on any atom is -0.325 e. The van der Waals surface area contributed by atoms with Gasteiger partial charge in [0.1, 0.15) is 0 Å². The van der Waals surface area contributed by atoms with Crippen molar-refractivity contribution in [1.29, 1.82) is 0 Å². The van der Waals surface area contributed by atoms with Crippen LogP contribution in [0, 0.1) is 5.41 Å². The van der Waals surface area contributed by atoms with Gasteiger partial charge in [0.05, 0.1) is 5.41 Å². The lowest BCUT2D eigenvalue weighted by Crippen LogP contribution is -2.38. The van der Waals surface area contributed by atoms with Gasteiger partial charge in [-0.25, -0.2) is 0 Å². The molecule has 1 fully saturated rings. The molecule has 1 unspecified atom stereocenters. The van der Waals surface area contributed by atoms with Crippen LogP contribution in [0.3, 0.4) is 0 Å². The molecule has 0 aromatic heterocycles. The van der Waals surface area contributed by atoms with E-state index in [1.54, 1.807) is 0 Å². The number of para-hydroxylation sites is 1. The van der Waals surface area contributed by atoms with Crippen molar-refractivity contribution in [2.24, 2.45) is 5.41 Å². The molecule has 0 saturated carbocycles. The van der Waals surface area contributed by atoms with Gasteiger partial charge in [-0.2, -0.15) is 0 Å². The van der Waals surface area contributed by atoms with Gasteiger partial charge in [-0.3, -0.25) is 4.79 Å². The van der Waals surface area contributed by atoms with Crippen molar-refractivity contribution >= 4 is 11.6 Å². The molecule has 2 rings (SSSR count). The number of amides is 1. The first-order valence-electron chi connectivity index (χ1n) is 7.51. The maximum Gasteiger partial charge on any atom is 0.231 e. The Morgan fingerprint density at radius 1 is 1.35 bits per heavy atom. The fraction of sp³-hybridized carbons (Fsp3) is 0.588. The molecule has 0 aliphatic carbocycles. The van der Waals surface area contributed by atoms with Crippen molar-refractivity contribution < 1.29 is 4.79 Å². The summed E-state index contributed by atoms with van der Waals surface area (Å²) in [6.45, 7) is 10.3. The Bertz CT molecular complexity index is 482. The van der Waals surface area contributed by atoms with Gasteiger partial charge in [-0.1, -0.05) is 45.9 Å². The Balaban J connectivity index is 2.24. The SMILES string of the molecule is CCC1(C(=O)Nc2ccccc2C(C)(C)C)CCNC1. The van der Waals surface area contributed by atoms with Crippen molar-refractivity contribution in [3.63, 3.8) is 0 Å². The highest BCUT2D eigenvalue weighted by Gasteiger charge is 2.39. The van der Waals surface area contributed by atoms with E-state index in [1.165, 1.54) is 5.56 Å². The van der Waals surface area contributed by atoms with Crippen LogP contribution in [0.4, 0.5) is 5.69 Å². The van der Waals surface area contributed by atoms with Gasteiger partial charge < -0.3 is 10.6 Å². The predicted molar refractivity (Wildman–Crippen MR) is 84.0 cm³/mol. The van der Waals surface area contributed by atoms with Crippen molar-refractivity contribution in [1.82, 2.24) is 5.32 Å². The highest BCUT2D eigenvalue weighted by atomic mass is 16.2. The molecule has 0 bridgehead atoms. The van der Waals surface area contributed by atoms with Gasteiger partial charge in [0, 0.05) is 12.2 Å². The molecule has 3 heteroatoms. The topological polar surface area (TPSA) is 41.1 Å². The number of anilines is 1. The second-order valence-electron chi connectivity index (χ2n) is 6.81. The van der Waals surface area contributed by atoms with E-state index in [0.29, 0.717) is 0 Å². The van der Waals surface area contributed by atoms with E-state index >= 15 is 0 Å². The third-order valence-corrected chi connectivity index (χ3v) is 4.39. The zero-order chi connectivity index (χ0) is 14.8. The second-order valence-corrected chi connectivity index (χ2v) is 6.81. The highest BCUT2D eigenvalue weighted by molar-refractivity contribution is 5.96. The van der Waals surface area contributed by atoms with Gasteiger partial charge in [0.25, 0.3) is 0 Å². The molecular formula is C17H26N2O. The maximum absolute atomic E-state index is 12.7. The van der Waals surface area contributed by atoms with Gasteiger partial charge in [0.2, 0.25) is 5.91 Å². The van der Waals surface area contributed by atoms with Gasteiger partial charge in [-0.15, -0.1) is 0 Å². The van der Waals surface area contributed by atoms with Crippen LogP contribution in [-0.2, 0) is 10.2 Å². The number of hydrogen-bond donors (Lipinski definition) is 2. The van der Waals surface area contributed by atoms with Crippen LogP contribution in [0.1, 0.15) is 46.1 Å². The second kappa shape index (κ2) is 5.57. The molecule has 1 aliphatic rings. The van der Waals surface area contributed by atoms with Crippen LogP contribution in [-0.4, -0.2) is 19.0 Å². The molecule has 1 aliphatic heterocycles. The van der Waals surface area contributed by atoms with Crippen LogP contribution < -0.4 is 10.6 Å². The molecule has 0 spiro atoms. The minimum atomic E-state index is -0.245. The quantitative estimate of drug-likeness (QED) is 0.888. The van der Waals surface area contributed by atoms with Crippen LogP contribution in [0.5, 0.6) is 0 Å². The number of rotatable bonds is 3. The lowest BCUT2D eigenvalue weighted by Gasteiger charge is -2.28. The summed E-state index contributed by atoms with van der Waals surface area (Å²) in [6, 6.07) is 8.12. The van der Waals surface area contributed by atoms with Gasteiger partial charge in [-0.05, 0) is 36.4 Å². The summed E-state index contributed by atoms with van der Waals surface area (Å²) in [5.41, 5.74) is 1.91. The van der Waals surface area contributed by atoms with Crippen LogP contribution in [0.25, 0.3) is 0 Å². The fourth-order valence-electron chi connectivity index (χ4n) is 2.90. The van der Waals surface area contributed by atoms with Crippen molar-refractivity contribution in [3.05, 3.63) is 29.8 Å². The summed E-state index contributed by atoms with van der Waals surface area (Å²) in [5, 5.41) is 6.49. The third-order valence-electron chi connectivity index (χ3n) is 4.39. The van der Waals surface area contributed by atoms with E-state index in [9.17, 15) is 4.79 Å². The summed E-state index contributed by atoms with van der Waals surface area (Å²) in [5.74, 6) is 0.154. The van der Waals surface area contributed by atoms with Gasteiger partial charge in [0.15, 0.2) is 0 Å². The van der Waals surface area contributed by atoms with Crippen molar-refractivity contribution in [3.8, 4) is 0 Å². The van der Waals surface area contributed by atoms with Crippen molar-refractivity contribution in [2.45, 2.75) is 46.0 Å². The molecule has 2 N–H and O–H groups in total. The first-order valence-corrected chi connectivity index (χ1v) is 7.51. The number of carbonyl (C=O) groups excluding carboxylic acids is 1. The number of benzene rings is 1. The zero-order valence-electron chi connectivity index (χ0n) is 13.0. The summed E-state index contributed by atoms with van der Waals surface area (Å²) in [7, 11) is 0. The summed E-state index contributed by atoms with van der Waals surface area (Å²) in [4.78, 5) is 12.7. The Labute approximate surface area is 122 Å². The van der Waals surface area contributed by atoms with E-state index in [2.05, 4.69) is 44.4 Å². The molecular weight excluding hydrogens is 248 g/mol. The maximum atomic E-state index is 12.7. The summed E-state index contributed by atoms with van der Waals surface area (Å²) >= 11 is 0. The molecule has 1 aromatic carbocycles. The molecule has 1 aromatic rings. The Hall–Kier alpha value is -1.35. The number of nitrogens with one attached hydrogen (secondary N) is 2. The Morgan fingerprint density at radius 2 is 2.05 bits per heavy atom. The largest absolute Gasteiger partial charge is 0.325 e. The van der Waals surface area contributed by atoms with E-state index in [1.807, 2.05) is 18.2 Å². The Morgan fingerprint density at radius 3 is 2.60 bits per heavy atom. The standard InChI is InChI=1S/C17H26N2O/c1-5-17(10-11-18-12-17)15(20)19-14-9-7-6-8-13(14)16(2,3)4/h6-9,18H,5,10-12H2,1-4H3,(H,19,20). The predicted octanol–water partition coefficient (Wildman–Crippen LogP) is 3.31. The molecule has 3 nitrogen and oxygen atoms in total. The van der Waals surface area contributed by atoms with E-state index in [0.717, 1.165) is 31.6 Å². The molecule has 0 radical (unpaired) electrons. The van der Waals surface area contributed by atoms with Crippen LogP contribution in [0.2, 0.25) is 0 Å². The highest BCUT2D eigenvalue weighted by Crippen LogP contribution is 2.34. The third kappa shape index (κ3) is 2.88. The summed E-state index contributed by atoms with van der Waals surface area (Å²) in [6.07, 6.45) is 1.80. The normalized spacial score (nSPS) is 22.8. The first-order chi connectivity index (χ1) is 9.39. The average molecular weight is 274 g/mol. The molecule has 1 heterocycles. The van der Waals surface area contributed by atoms with E-state index in [4.69, 9.17) is 0 Å². The smallest absolute Gasteiger partial charge is 0.231 e. The molecule has 110 valence electrons. The lowest BCUT2D eigenvalue weighted by molar-refractivity contribution is -0.124. The molecule has 1 amide bonds. The fourth-order valence-corrected chi connectivity index (χ4v) is 2.90. The molecule has 20 heavy (non-hydrogen) atoms. The number of carbonyl (C=O) groups is 1.